The average Bonchev–Trinajstić information content (AvgIpc) is 2.44. The Morgan fingerprint density at radius 3 is 2.27 bits per heavy atom. The molecule has 0 aromatic carbocycles. The van der Waals surface area contributed by atoms with Gasteiger partial charge >= 0.3 is 0 Å². The predicted octanol–water partition coefficient (Wildman–Crippen LogP) is 1.99. The van der Waals surface area contributed by atoms with E-state index in [1.54, 1.807) is 0 Å². The number of nitrogens with two attached hydrogens (primary N) is 1. The molecule has 0 saturated heterocycles. The number of hydrogen-bond donors (Lipinski definition) is 1. The quantitative estimate of drug-likeness (QED) is 0.808. The fraction of sp³-hybridized carbons (Fsp3) is 0.667. The van der Waals surface area contributed by atoms with Crippen LogP contribution in [-0.4, -0.2) is 24.5 Å². The fourth-order valence-corrected chi connectivity index (χ4v) is 1.83. The third kappa shape index (κ3) is 2.83. The first kappa shape index (κ1) is 12.3. The van der Waals surface area contributed by atoms with E-state index in [-0.39, 0.29) is 0 Å². The van der Waals surface area contributed by atoms with Crippen molar-refractivity contribution in [1.82, 2.24) is 4.90 Å². The Hall–Kier alpha value is -0.800. The van der Waals surface area contributed by atoms with Crippen molar-refractivity contribution in [3.63, 3.8) is 0 Å². The van der Waals surface area contributed by atoms with E-state index in [0.717, 1.165) is 31.2 Å². The number of hydrogen-bond acceptors (Lipinski definition) is 3. The number of rotatable bonds is 5. The first-order valence-corrected chi connectivity index (χ1v) is 5.58. The minimum absolute atomic E-state index is 0.711. The van der Waals surface area contributed by atoms with Gasteiger partial charge in [-0.25, -0.2) is 0 Å². The lowest BCUT2D eigenvalue weighted by atomic mass is 10.1. The van der Waals surface area contributed by atoms with Gasteiger partial charge in [-0.3, -0.25) is 4.90 Å². The smallest absolute Gasteiger partial charge is 0.105 e. The standard InChI is InChI=1S/C12H22N2O/c1-5-14(7-6-13)8-12-9(2)10(3)15-11(12)4/h5-8,13H2,1-4H3. The second-order valence-electron chi connectivity index (χ2n) is 3.98. The van der Waals surface area contributed by atoms with Crippen LogP contribution in [0.15, 0.2) is 4.42 Å². The predicted molar refractivity (Wildman–Crippen MR) is 62.9 cm³/mol. The Balaban J connectivity index is 2.78. The SMILES string of the molecule is CCN(CCN)Cc1c(C)oc(C)c1C. The van der Waals surface area contributed by atoms with Gasteiger partial charge in [0.05, 0.1) is 0 Å². The highest BCUT2D eigenvalue weighted by atomic mass is 16.3. The van der Waals surface area contributed by atoms with Gasteiger partial charge in [0.1, 0.15) is 11.5 Å². The van der Waals surface area contributed by atoms with E-state index in [0.29, 0.717) is 6.54 Å². The second-order valence-corrected chi connectivity index (χ2v) is 3.98. The van der Waals surface area contributed by atoms with E-state index in [9.17, 15) is 0 Å². The summed E-state index contributed by atoms with van der Waals surface area (Å²) in [6.07, 6.45) is 0. The molecule has 86 valence electrons. The molecule has 0 bridgehead atoms. The zero-order valence-corrected chi connectivity index (χ0v) is 10.3. The van der Waals surface area contributed by atoms with E-state index in [1.165, 1.54) is 11.1 Å². The van der Waals surface area contributed by atoms with Crippen LogP contribution in [0.3, 0.4) is 0 Å². The van der Waals surface area contributed by atoms with Crippen LogP contribution in [0, 0.1) is 20.8 Å². The van der Waals surface area contributed by atoms with E-state index in [4.69, 9.17) is 10.2 Å². The van der Waals surface area contributed by atoms with Crippen LogP contribution in [0.4, 0.5) is 0 Å². The molecule has 0 aliphatic rings. The van der Waals surface area contributed by atoms with Gasteiger partial charge in [0.2, 0.25) is 0 Å². The maximum absolute atomic E-state index is 5.61. The summed E-state index contributed by atoms with van der Waals surface area (Å²) in [7, 11) is 0. The summed E-state index contributed by atoms with van der Waals surface area (Å²) in [4.78, 5) is 2.34. The van der Waals surface area contributed by atoms with Crippen LogP contribution < -0.4 is 5.73 Å². The number of furan rings is 1. The summed E-state index contributed by atoms with van der Waals surface area (Å²) in [5.41, 5.74) is 8.18. The van der Waals surface area contributed by atoms with Crippen LogP contribution in [0.25, 0.3) is 0 Å². The van der Waals surface area contributed by atoms with Crippen LogP contribution in [0.1, 0.15) is 29.6 Å². The summed E-state index contributed by atoms with van der Waals surface area (Å²) in [5, 5.41) is 0. The molecule has 0 saturated carbocycles. The van der Waals surface area contributed by atoms with Crippen molar-refractivity contribution in [2.75, 3.05) is 19.6 Å². The average molecular weight is 210 g/mol. The number of aryl methyl sites for hydroxylation is 2. The molecule has 0 atom stereocenters. The van der Waals surface area contributed by atoms with Gasteiger partial charge in [-0.15, -0.1) is 0 Å². The van der Waals surface area contributed by atoms with Crippen LogP contribution in [-0.2, 0) is 6.54 Å². The van der Waals surface area contributed by atoms with Crippen molar-refractivity contribution in [3.05, 3.63) is 22.6 Å². The highest BCUT2D eigenvalue weighted by Crippen LogP contribution is 2.21. The molecule has 3 heteroatoms. The zero-order chi connectivity index (χ0) is 11.4. The third-order valence-electron chi connectivity index (χ3n) is 2.99. The second kappa shape index (κ2) is 5.33. The lowest BCUT2D eigenvalue weighted by molar-refractivity contribution is 0.285. The van der Waals surface area contributed by atoms with Gasteiger partial charge in [0.15, 0.2) is 0 Å². The molecule has 15 heavy (non-hydrogen) atoms. The normalized spacial score (nSPS) is 11.3. The van der Waals surface area contributed by atoms with Gasteiger partial charge in [-0.2, -0.15) is 0 Å². The largest absolute Gasteiger partial charge is 0.466 e. The molecule has 0 aliphatic heterocycles. The Kier molecular flexibility index (Phi) is 4.36. The highest BCUT2D eigenvalue weighted by molar-refractivity contribution is 5.31. The minimum atomic E-state index is 0.711. The molecule has 0 spiro atoms. The summed E-state index contributed by atoms with van der Waals surface area (Å²) in [5.74, 6) is 2.08. The first-order chi connectivity index (χ1) is 7.10. The lowest BCUT2D eigenvalue weighted by Crippen LogP contribution is -2.29. The zero-order valence-electron chi connectivity index (χ0n) is 10.3. The number of likely N-dealkylation sites (N-methyl/N-ethyl adjacent to an activating group) is 1. The molecule has 0 unspecified atom stereocenters. The molecule has 0 radical (unpaired) electrons. The molecule has 2 N–H and O–H groups in total. The van der Waals surface area contributed by atoms with Gasteiger partial charge in [-0.05, 0) is 32.9 Å². The Morgan fingerprint density at radius 1 is 1.20 bits per heavy atom. The van der Waals surface area contributed by atoms with Crippen molar-refractivity contribution in [3.8, 4) is 0 Å². The monoisotopic (exact) mass is 210 g/mol. The van der Waals surface area contributed by atoms with Crippen molar-refractivity contribution in [2.24, 2.45) is 5.73 Å². The summed E-state index contributed by atoms with van der Waals surface area (Å²) < 4.78 is 5.61. The van der Waals surface area contributed by atoms with Gasteiger partial charge in [0, 0.05) is 25.2 Å². The molecule has 0 aliphatic carbocycles. The van der Waals surface area contributed by atoms with Gasteiger partial charge in [0.25, 0.3) is 0 Å². The van der Waals surface area contributed by atoms with Crippen molar-refractivity contribution in [1.29, 1.82) is 0 Å². The molecule has 1 aromatic rings. The molecular weight excluding hydrogens is 188 g/mol. The lowest BCUT2D eigenvalue weighted by Gasteiger charge is -2.19. The van der Waals surface area contributed by atoms with E-state index < -0.39 is 0 Å². The molecule has 0 amide bonds. The summed E-state index contributed by atoms with van der Waals surface area (Å²) >= 11 is 0. The fourth-order valence-electron chi connectivity index (χ4n) is 1.83. The molecule has 1 rings (SSSR count). The van der Waals surface area contributed by atoms with Crippen molar-refractivity contribution < 1.29 is 4.42 Å². The highest BCUT2D eigenvalue weighted by Gasteiger charge is 2.13. The molecular formula is C12H22N2O. The maximum atomic E-state index is 5.61. The number of nitrogens with zero attached hydrogens (tertiary/aromatic N) is 1. The third-order valence-corrected chi connectivity index (χ3v) is 2.99. The summed E-state index contributed by atoms with van der Waals surface area (Å²) in [6.45, 7) is 12.0. The van der Waals surface area contributed by atoms with Crippen LogP contribution in [0.5, 0.6) is 0 Å². The van der Waals surface area contributed by atoms with E-state index in [1.807, 2.05) is 13.8 Å². The molecule has 1 heterocycles. The first-order valence-electron chi connectivity index (χ1n) is 5.58. The summed E-state index contributed by atoms with van der Waals surface area (Å²) in [6, 6.07) is 0. The molecule has 1 aromatic heterocycles. The Morgan fingerprint density at radius 2 is 1.87 bits per heavy atom. The molecule has 0 fully saturated rings. The van der Waals surface area contributed by atoms with Crippen LogP contribution in [0.2, 0.25) is 0 Å². The van der Waals surface area contributed by atoms with Gasteiger partial charge < -0.3 is 10.2 Å². The van der Waals surface area contributed by atoms with Crippen molar-refractivity contribution >= 4 is 0 Å². The van der Waals surface area contributed by atoms with E-state index in [2.05, 4.69) is 18.7 Å². The minimum Gasteiger partial charge on any atom is -0.466 e. The van der Waals surface area contributed by atoms with Gasteiger partial charge in [-0.1, -0.05) is 6.92 Å². The maximum Gasteiger partial charge on any atom is 0.105 e. The topological polar surface area (TPSA) is 42.4 Å². The van der Waals surface area contributed by atoms with E-state index >= 15 is 0 Å². The Bertz CT molecular complexity index is 318. The van der Waals surface area contributed by atoms with Crippen LogP contribution >= 0.6 is 0 Å². The van der Waals surface area contributed by atoms with Crippen molar-refractivity contribution in [2.45, 2.75) is 34.2 Å². The molecule has 3 nitrogen and oxygen atoms in total. The Labute approximate surface area is 92.2 Å².